The highest BCUT2D eigenvalue weighted by molar-refractivity contribution is 5.70. The lowest BCUT2D eigenvalue weighted by atomic mass is 10.0. The van der Waals surface area contributed by atoms with E-state index in [1.807, 2.05) is 38.1 Å². The molecule has 0 aliphatic rings. The molecule has 1 rings (SSSR count). The third-order valence-electron chi connectivity index (χ3n) is 2.97. The largest absolute Gasteiger partial charge is 0.492 e. The molecule has 0 unspecified atom stereocenters. The van der Waals surface area contributed by atoms with Gasteiger partial charge in [0.2, 0.25) is 0 Å². The average molecular weight is 251 g/mol. The molecule has 0 saturated carbocycles. The van der Waals surface area contributed by atoms with Crippen molar-refractivity contribution >= 4 is 5.97 Å². The van der Waals surface area contributed by atoms with Crippen molar-refractivity contribution in [1.82, 2.24) is 5.32 Å². The van der Waals surface area contributed by atoms with Crippen molar-refractivity contribution in [3.8, 4) is 5.75 Å². The molecular formula is C14H21NO3. The van der Waals surface area contributed by atoms with Gasteiger partial charge in [0, 0.05) is 12.6 Å². The highest BCUT2D eigenvalue weighted by Gasteiger charge is 2.18. The van der Waals surface area contributed by atoms with Crippen LogP contribution >= 0.6 is 0 Å². The molecule has 1 aromatic rings. The number of nitrogens with one attached hydrogen (secondary N) is 1. The van der Waals surface area contributed by atoms with E-state index in [0.29, 0.717) is 13.2 Å². The Labute approximate surface area is 108 Å². The molecule has 0 fully saturated rings. The van der Waals surface area contributed by atoms with Crippen LogP contribution in [0.4, 0.5) is 0 Å². The van der Waals surface area contributed by atoms with Gasteiger partial charge < -0.3 is 15.2 Å². The van der Waals surface area contributed by atoms with Crippen molar-refractivity contribution in [1.29, 1.82) is 0 Å². The van der Waals surface area contributed by atoms with E-state index >= 15 is 0 Å². The topological polar surface area (TPSA) is 58.6 Å². The Morgan fingerprint density at radius 2 is 2.17 bits per heavy atom. The minimum Gasteiger partial charge on any atom is -0.492 e. The molecular weight excluding hydrogens is 230 g/mol. The van der Waals surface area contributed by atoms with E-state index in [1.165, 1.54) is 0 Å². The fourth-order valence-corrected chi connectivity index (χ4v) is 1.55. The summed E-state index contributed by atoms with van der Waals surface area (Å²) in [5, 5.41) is 12.0. The predicted molar refractivity (Wildman–Crippen MR) is 70.9 cm³/mol. The van der Waals surface area contributed by atoms with Crippen molar-refractivity contribution in [2.75, 3.05) is 13.2 Å². The maximum atomic E-state index is 10.8. The second-order valence-electron chi connectivity index (χ2n) is 4.53. The molecule has 1 aromatic carbocycles. The van der Waals surface area contributed by atoms with Gasteiger partial charge in [0.25, 0.3) is 0 Å². The van der Waals surface area contributed by atoms with E-state index < -0.39 is 11.9 Å². The van der Waals surface area contributed by atoms with E-state index in [9.17, 15) is 4.79 Å². The van der Waals surface area contributed by atoms with Gasteiger partial charge in [-0.25, -0.2) is 0 Å². The number of aliphatic carboxylic acids is 1. The molecule has 0 amide bonds. The van der Waals surface area contributed by atoms with E-state index in [1.54, 1.807) is 6.92 Å². The van der Waals surface area contributed by atoms with Crippen molar-refractivity contribution < 1.29 is 14.6 Å². The second kappa shape index (κ2) is 7.01. The quantitative estimate of drug-likeness (QED) is 0.728. The standard InChI is InChI=1S/C14H21NO3/c1-10-5-4-6-13(9-10)18-8-7-15-12(3)11(2)14(16)17/h4-6,9,11-12,15H,7-8H2,1-3H3,(H,16,17)/t11-,12-/m1/s1. The van der Waals surface area contributed by atoms with Crippen LogP contribution < -0.4 is 10.1 Å². The number of hydrogen-bond acceptors (Lipinski definition) is 3. The summed E-state index contributed by atoms with van der Waals surface area (Å²) in [7, 11) is 0. The minimum absolute atomic E-state index is 0.0661. The summed E-state index contributed by atoms with van der Waals surface area (Å²) >= 11 is 0. The fourth-order valence-electron chi connectivity index (χ4n) is 1.55. The number of benzene rings is 1. The molecule has 0 spiro atoms. The fraction of sp³-hybridized carbons (Fsp3) is 0.500. The molecule has 0 aromatic heterocycles. The van der Waals surface area contributed by atoms with Gasteiger partial charge in [-0.1, -0.05) is 19.1 Å². The number of carbonyl (C=O) groups is 1. The van der Waals surface area contributed by atoms with E-state index in [0.717, 1.165) is 11.3 Å². The van der Waals surface area contributed by atoms with Crippen molar-refractivity contribution in [2.45, 2.75) is 26.8 Å². The summed E-state index contributed by atoms with van der Waals surface area (Å²) < 4.78 is 5.57. The van der Waals surface area contributed by atoms with Crippen LogP contribution in [0.5, 0.6) is 5.75 Å². The molecule has 2 N–H and O–H groups in total. The van der Waals surface area contributed by atoms with Gasteiger partial charge in [0.1, 0.15) is 12.4 Å². The van der Waals surface area contributed by atoms with Crippen molar-refractivity contribution in [3.63, 3.8) is 0 Å². The van der Waals surface area contributed by atoms with Crippen molar-refractivity contribution in [2.24, 2.45) is 5.92 Å². The summed E-state index contributed by atoms with van der Waals surface area (Å²) in [6, 6.07) is 7.79. The molecule has 2 atom stereocenters. The van der Waals surface area contributed by atoms with Crippen LogP contribution in [0.25, 0.3) is 0 Å². The van der Waals surface area contributed by atoms with Gasteiger partial charge in [-0.2, -0.15) is 0 Å². The maximum Gasteiger partial charge on any atom is 0.307 e. The molecule has 0 saturated heterocycles. The molecule has 0 aliphatic heterocycles. The molecule has 0 bridgehead atoms. The van der Waals surface area contributed by atoms with Crippen LogP contribution in [-0.4, -0.2) is 30.3 Å². The van der Waals surface area contributed by atoms with Gasteiger partial charge in [-0.3, -0.25) is 4.79 Å². The molecule has 100 valence electrons. The van der Waals surface area contributed by atoms with Crippen LogP contribution in [-0.2, 0) is 4.79 Å². The first kappa shape index (κ1) is 14.5. The molecule has 4 heteroatoms. The molecule has 0 heterocycles. The summed E-state index contributed by atoms with van der Waals surface area (Å²) in [5.74, 6) is -0.339. The minimum atomic E-state index is -0.783. The molecule has 0 radical (unpaired) electrons. The third-order valence-corrected chi connectivity index (χ3v) is 2.97. The first-order chi connectivity index (χ1) is 8.50. The Hall–Kier alpha value is -1.55. The Kier molecular flexibility index (Phi) is 5.65. The van der Waals surface area contributed by atoms with Gasteiger partial charge in [-0.05, 0) is 31.5 Å². The number of hydrogen-bond donors (Lipinski definition) is 2. The first-order valence-electron chi connectivity index (χ1n) is 6.16. The maximum absolute atomic E-state index is 10.8. The van der Waals surface area contributed by atoms with Gasteiger partial charge in [0.15, 0.2) is 0 Å². The van der Waals surface area contributed by atoms with E-state index in [-0.39, 0.29) is 6.04 Å². The van der Waals surface area contributed by atoms with Crippen LogP contribution in [0.1, 0.15) is 19.4 Å². The Morgan fingerprint density at radius 3 is 2.78 bits per heavy atom. The first-order valence-corrected chi connectivity index (χ1v) is 6.16. The summed E-state index contributed by atoms with van der Waals surface area (Å²) in [6.45, 7) is 6.74. The molecule has 18 heavy (non-hydrogen) atoms. The Bertz CT molecular complexity index is 392. The summed E-state index contributed by atoms with van der Waals surface area (Å²) in [4.78, 5) is 10.8. The summed E-state index contributed by atoms with van der Waals surface area (Å²) in [6.07, 6.45) is 0. The highest BCUT2D eigenvalue weighted by atomic mass is 16.5. The summed E-state index contributed by atoms with van der Waals surface area (Å²) in [5.41, 5.74) is 1.16. The van der Waals surface area contributed by atoms with Gasteiger partial charge in [0.05, 0.1) is 5.92 Å². The van der Waals surface area contributed by atoms with Crippen LogP contribution in [0.2, 0.25) is 0 Å². The normalized spacial score (nSPS) is 13.9. The van der Waals surface area contributed by atoms with E-state index in [2.05, 4.69) is 5.32 Å². The monoisotopic (exact) mass is 251 g/mol. The van der Waals surface area contributed by atoms with E-state index in [4.69, 9.17) is 9.84 Å². The highest BCUT2D eigenvalue weighted by Crippen LogP contribution is 2.11. The predicted octanol–water partition coefficient (Wildman–Crippen LogP) is 2.07. The average Bonchev–Trinajstić information content (AvgIpc) is 2.33. The molecule has 4 nitrogen and oxygen atoms in total. The van der Waals surface area contributed by atoms with Crippen LogP contribution in [0.3, 0.4) is 0 Å². The second-order valence-corrected chi connectivity index (χ2v) is 4.53. The number of carboxylic acid groups (broad SMARTS) is 1. The van der Waals surface area contributed by atoms with Gasteiger partial charge in [-0.15, -0.1) is 0 Å². The third kappa shape index (κ3) is 4.75. The lowest BCUT2D eigenvalue weighted by Crippen LogP contribution is -2.38. The zero-order chi connectivity index (χ0) is 13.5. The zero-order valence-corrected chi connectivity index (χ0v) is 11.1. The number of ether oxygens (including phenoxy) is 1. The Morgan fingerprint density at radius 1 is 1.44 bits per heavy atom. The number of rotatable bonds is 7. The van der Waals surface area contributed by atoms with Crippen LogP contribution in [0.15, 0.2) is 24.3 Å². The van der Waals surface area contributed by atoms with Gasteiger partial charge >= 0.3 is 5.97 Å². The lowest BCUT2D eigenvalue weighted by molar-refractivity contribution is -0.141. The zero-order valence-electron chi connectivity index (χ0n) is 11.1. The van der Waals surface area contributed by atoms with Crippen LogP contribution in [0, 0.1) is 12.8 Å². The SMILES string of the molecule is Cc1cccc(OCCN[C@H](C)[C@@H](C)C(=O)O)c1. The number of aryl methyl sites for hydroxylation is 1. The smallest absolute Gasteiger partial charge is 0.307 e. The van der Waals surface area contributed by atoms with Crippen molar-refractivity contribution in [3.05, 3.63) is 29.8 Å². The molecule has 0 aliphatic carbocycles. The number of carboxylic acids is 1. The Balaban J connectivity index is 2.25. The lowest BCUT2D eigenvalue weighted by Gasteiger charge is -2.17.